The lowest BCUT2D eigenvalue weighted by Crippen LogP contribution is -2.24. The van der Waals surface area contributed by atoms with Crippen molar-refractivity contribution in [1.82, 2.24) is 4.57 Å². The second-order valence-electron chi connectivity index (χ2n) is 6.94. The highest BCUT2D eigenvalue weighted by atomic mass is 32.1. The standard InChI is InChI=1S/C22H19N3O3S/c1-13-7-14(2)9-16(8-13)24-20(26)12-25-21(27)19(29-22(25)28)10-15-11-23-18-6-4-3-5-17(15)18/h3-11,27H,12H2,1-2H3,(H,24,26). The molecule has 1 amide bonds. The number of hydrogen-bond acceptors (Lipinski definition) is 5. The summed E-state index contributed by atoms with van der Waals surface area (Å²) >= 11 is 0.895. The molecule has 0 aliphatic carbocycles. The van der Waals surface area contributed by atoms with E-state index in [-0.39, 0.29) is 18.3 Å². The Morgan fingerprint density at radius 1 is 1.21 bits per heavy atom. The molecule has 0 saturated carbocycles. The lowest BCUT2D eigenvalue weighted by Gasteiger charge is -2.08. The van der Waals surface area contributed by atoms with Gasteiger partial charge in [-0.05, 0) is 49.2 Å². The second-order valence-corrected chi connectivity index (χ2v) is 7.93. The number of carbonyl (C=O) groups excluding carboxylic acids is 1. The van der Waals surface area contributed by atoms with Crippen molar-refractivity contribution in [3.63, 3.8) is 0 Å². The fraction of sp³-hybridized carbons (Fsp3) is 0.136. The van der Waals surface area contributed by atoms with Crippen LogP contribution in [-0.2, 0) is 11.3 Å². The zero-order chi connectivity index (χ0) is 20.5. The number of hydrogen-bond donors (Lipinski definition) is 2. The number of nitrogens with zero attached hydrogens (tertiary/aromatic N) is 2. The van der Waals surface area contributed by atoms with Gasteiger partial charge in [0.15, 0.2) is 0 Å². The summed E-state index contributed by atoms with van der Waals surface area (Å²) in [5.74, 6) is -0.599. The molecule has 4 rings (SSSR count). The van der Waals surface area contributed by atoms with Crippen LogP contribution in [0.1, 0.15) is 21.6 Å². The van der Waals surface area contributed by atoms with Crippen molar-refractivity contribution in [2.24, 2.45) is 4.99 Å². The number of amides is 1. The van der Waals surface area contributed by atoms with Gasteiger partial charge >= 0.3 is 4.87 Å². The fourth-order valence-electron chi connectivity index (χ4n) is 3.33. The zero-order valence-electron chi connectivity index (χ0n) is 16.0. The smallest absolute Gasteiger partial charge is 0.311 e. The van der Waals surface area contributed by atoms with E-state index in [0.717, 1.165) is 43.9 Å². The number of aryl methyl sites for hydroxylation is 2. The van der Waals surface area contributed by atoms with E-state index in [2.05, 4.69) is 10.3 Å². The second kappa shape index (κ2) is 7.52. The van der Waals surface area contributed by atoms with Crippen LogP contribution in [0.15, 0.2) is 52.3 Å². The van der Waals surface area contributed by atoms with Crippen LogP contribution in [0.5, 0.6) is 5.88 Å². The summed E-state index contributed by atoms with van der Waals surface area (Å²) in [4.78, 5) is 29.1. The Labute approximate surface area is 171 Å². The molecular weight excluding hydrogens is 386 g/mol. The molecule has 0 bridgehead atoms. The van der Waals surface area contributed by atoms with E-state index in [9.17, 15) is 14.7 Å². The molecule has 0 saturated heterocycles. The Morgan fingerprint density at radius 2 is 1.93 bits per heavy atom. The van der Waals surface area contributed by atoms with Gasteiger partial charge in [0.2, 0.25) is 11.8 Å². The van der Waals surface area contributed by atoms with Crippen molar-refractivity contribution in [3.8, 4) is 5.88 Å². The number of rotatable bonds is 4. The fourth-order valence-corrected chi connectivity index (χ4v) is 4.17. The van der Waals surface area contributed by atoms with Gasteiger partial charge in [-0.25, -0.2) is 0 Å². The Balaban J connectivity index is 1.57. The van der Waals surface area contributed by atoms with Crippen LogP contribution in [-0.4, -0.2) is 21.8 Å². The number of carbonyl (C=O) groups is 1. The van der Waals surface area contributed by atoms with Crippen LogP contribution in [0, 0.1) is 13.8 Å². The van der Waals surface area contributed by atoms with Gasteiger partial charge in [0.05, 0.1) is 10.6 Å². The molecule has 2 aromatic carbocycles. The Bertz CT molecular complexity index is 1210. The molecular formula is C22H19N3O3S. The Hall–Kier alpha value is -3.45. The monoisotopic (exact) mass is 405 g/mol. The van der Waals surface area contributed by atoms with Gasteiger partial charge in [0.25, 0.3) is 0 Å². The molecule has 0 spiro atoms. The Kier molecular flexibility index (Phi) is 4.90. The van der Waals surface area contributed by atoms with E-state index >= 15 is 0 Å². The lowest BCUT2D eigenvalue weighted by atomic mass is 10.1. The third-order valence-corrected chi connectivity index (χ3v) is 5.46. The Morgan fingerprint density at radius 3 is 2.69 bits per heavy atom. The van der Waals surface area contributed by atoms with E-state index in [4.69, 9.17) is 0 Å². The average molecular weight is 405 g/mol. The van der Waals surface area contributed by atoms with E-state index in [1.807, 2.05) is 56.3 Å². The van der Waals surface area contributed by atoms with Crippen molar-refractivity contribution in [2.45, 2.75) is 20.4 Å². The van der Waals surface area contributed by atoms with E-state index < -0.39 is 4.87 Å². The van der Waals surface area contributed by atoms with Crippen molar-refractivity contribution in [3.05, 3.63) is 73.7 Å². The van der Waals surface area contributed by atoms with Crippen LogP contribution in [0.3, 0.4) is 0 Å². The van der Waals surface area contributed by atoms with Gasteiger partial charge in [-0.1, -0.05) is 35.6 Å². The number of nitrogens with one attached hydrogen (secondary N) is 1. The van der Waals surface area contributed by atoms with Crippen LogP contribution in [0.2, 0.25) is 0 Å². The minimum absolute atomic E-state index is 0.221. The first-order chi connectivity index (χ1) is 13.9. The SMILES string of the molecule is Cc1cc(C)cc(NC(=O)Cn2c(O)c(C=C3C=Nc4ccccc43)sc2=O)c1. The third kappa shape index (κ3) is 3.90. The molecule has 0 atom stereocenters. The summed E-state index contributed by atoms with van der Waals surface area (Å²) in [5, 5.41) is 13.3. The summed E-state index contributed by atoms with van der Waals surface area (Å²) in [5.41, 5.74) is 5.32. The van der Waals surface area contributed by atoms with Gasteiger partial charge in [0, 0.05) is 23.0 Å². The van der Waals surface area contributed by atoms with Crippen molar-refractivity contribution in [1.29, 1.82) is 0 Å². The van der Waals surface area contributed by atoms with Gasteiger partial charge in [-0.3, -0.25) is 19.1 Å². The highest BCUT2D eigenvalue weighted by Gasteiger charge is 2.18. The van der Waals surface area contributed by atoms with Gasteiger partial charge in [-0.15, -0.1) is 0 Å². The maximum atomic E-state index is 12.4. The molecule has 2 heterocycles. The maximum absolute atomic E-state index is 12.4. The highest BCUT2D eigenvalue weighted by Crippen LogP contribution is 2.34. The van der Waals surface area contributed by atoms with E-state index in [1.54, 1.807) is 12.3 Å². The molecule has 146 valence electrons. The largest absolute Gasteiger partial charge is 0.493 e. The topological polar surface area (TPSA) is 83.7 Å². The number of aromatic nitrogens is 1. The molecule has 1 aliphatic rings. The molecule has 0 radical (unpaired) electrons. The summed E-state index contributed by atoms with van der Waals surface area (Å²) in [6.07, 6.45) is 3.42. The molecule has 1 aromatic heterocycles. The molecule has 0 fully saturated rings. The summed E-state index contributed by atoms with van der Waals surface area (Å²) in [6, 6.07) is 13.4. The molecule has 1 aliphatic heterocycles. The first-order valence-electron chi connectivity index (χ1n) is 9.06. The van der Waals surface area contributed by atoms with Gasteiger partial charge in [0.1, 0.15) is 6.54 Å². The van der Waals surface area contributed by atoms with Crippen LogP contribution >= 0.6 is 11.3 Å². The number of fused-ring (bicyclic) bond motifs is 1. The number of benzene rings is 2. The molecule has 6 nitrogen and oxygen atoms in total. The predicted octanol–water partition coefficient (Wildman–Crippen LogP) is 4.13. The number of allylic oxidation sites excluding steroid dienone is 1. The van der Waals surface area contributed by atoms with Crippen molar-refractivity contribution < 1.29 is 9.90 Å². The van der Waals surface area contributed by atoms with Gasteiger partial charge in [-0.2, -0.15) is 0 Å². The number of para-hydroxylation sites is 1. The van der Waals surface area contributed by atoms with Crippen LogP contribution < -0.4 is 10.2 Å². The molecule has 29 heavy (non-hydrogen) atoms. The number of thiazole rings is 1. The quantitative estimate of drug-likeness (QED) is 0.685. The molecule has 7 heteroatoms. The van der Waals surface area contributed by atoms with Gasteiger partial charge < -0.3 is 10.4 Å². The molecule has 0 unspecified atom stereocenters. The molecule has 3 aromatic rings. The number of aromatic hydroxyl groups is 1. The van der Waals surface area contributed by atoms with Crippen LogP contribution in [0.4, 0.5) is 11.4 Å². The highest BCUT2D eigenvalue weighted by molar-refractivity contribution is 7.10. The summed E-state index contributed by atoms with van der Waals surface area (Å²) < 4.78 is 1.08. The van der Waals surface area contributed by atoms with Crippen molar-refractivity contribution >= 4 is 46.5 Å². The molecule has 2 N–H and O–H groups in total. The van der Waals surface area contributed by atoms with Crippen molar-refractivity contribution in [2.75, 3.05) is 5.32 Å². The normalized spacial score (nSPS) is 13.7. The number of aliphatic imine (C=N–C) groups is 1. The lowest BCUT2D eigenvalue weighted by molar-refractivity contribution is -0.116. The predicted molar refractivity (Wildman–Crippen MR) is 117 cm³/mol. The summed E-state index contributed by atoms with van der Waals surface area (Å²) in [6.45, 7) is 3.63. The first kappa shape index (κ1) is 18.9. The first-order valence-corrected chi connectivity index (χ1v) is 9.88. The summed E-state index contributed by atoms with van der Waals surface area (Å²) in [7, 11) is 0. The van der Waals surface area contributed by atoms with E-state index in [1.165, 1.54) is 0 Å². The maximum Gasteiger partial charge on any atom is 0.311 e. The van der Waals surface area contributed by atoms with E-state index in [0.29, 0.717) is 10.6 Å². The third-order valence-electron chi connectivity index (χ3n) is 4.55. The van der Waals surface area contributed by atoms with Crippen LogP contribution in [0.25, 0.3) is 11.6 Å². The average Bonchev–Trinajstić information content (AvgIpc) is 3.17. The minimum Gasteiger partial charge on any atom is -0.493 e. The zero-order valence-corrected chi connectivity index (χ0v) is 16.8. The number of anilines is 1. The minimum atomic E-state index is -0.395.